The van der Waals surface area contributed by atoms with E-state index in [1.54, 1.807) is 0 Å². The smallest absolute Gasteiger partial charge is 0.132 e. The van der Waals surface area contributed by atoms with Gasteiger partial charge in [0.05, 0.1) is 39.6 Å². The lowest BCUT2D eigenvalue weighted by atomic mass is 9.87. The first-order valence-corrected chi connectivity index (χ1v) is 11.3. The number of aromatic nitrogens is 1. The highest BCUT2D eigenvalue weighted by molar-refractivity contribution is 5.50. The third kappa shape index (κ3) is 3.49. The zero-order valence-electron chi connectivity index (χ0n) is 19.3. The molecule has 7 nitrogen and oxygen atoms in total. The molecule has 30 heavy (non-hydrogen) atoms. The minimum Gasteiger partial charge on any atom is -0.360 e. The van der Waals surface area contributed by atoms with Gasteiger partial charge in [-0.25, -0.2) is 4.98 Å². The summed E-state index contributed by atoms with van der Waals surface area (Å²) >= 11 is 0. The van der Waals surface area contributed by atoms with Gasteiger partial charge in [0.15, 0.2) is 0 Å². The van der Waals surface area contributed by atoms with Gasteiger partial charge >= 0.3 is 0 Å². The highest BCUT2D eigenvalue weighted by Crippen LogP contribution is 2.38. The minimum atomic E-state index is 0.179. The van der Waals surface area contributed by atoms with E-state index in [-0.39, 0.29) is 23.3 Å². The molecule has 1 aromatic heterocycles. The van der Waals surface area contributed by atoms with Crippen LogP contribution in [0.25, 0.3) is 0 Å². The molecule has 4 saturated heterocycles. The summed E-state index contributed by atoms with van der Waals surface area (Å²) in [6.07, 6.45) is 0.357. The van der Waals surface area contributed by atoms with Gasteiger partial charge in [0.25, 0.3) is 0 Å². The number of hydrogen-bond acceptors (Lipinski definition) is 7. The number of anilines is 2. The Bertz CT molecular complexity index is 727. The number of rotatable bonds is 2. The third-order valence-corrected chi connectivity index (χ3v) is 7.22. The van der Waals surface area contributed by atoms with Gasteiger partial charge in [0, 0.05) is 12.1 Å². The van der Waals surface area contributed by atoms with Crippen molar-refractivity contribution in [3.63, 3.8) is 0 Å². The van der Waals surface area contributed by atoms with Crippen molar-refractivity contribution < 1.29 is 9.47 Å². The van der Waals surface area contributed by atoms with Crippen molar-refractivity contribution in [3.05, 3.63) is 18.2 Å². The van der Waals surface area contributed by atoms with Crippen LogP contribution in [0.5, 0.6) is 0 Å². The molecule has 0 spiro atoms. The van der Waals surface area contributed by atoms with E-state index in [0.29, 0.717) is 12.1 Å². The Morgan fingerprint density at radius 2 is 1.20 bits per heavy atom. The SMILES string of the molecule is CC(C)(C)[C@H]1COC2CN(c3cccc(N4CC5OC[C@H](C(C)(C)C)N5C4)n3)CN21. The van der Waals surface area contributed by atoms with E-state index in [1.165, 1.54) is 0 Å². The number of nitrogens with zero attached hydrogens (tertiary/aromatic N) is 5. The zero-order valence-corrected chi connectivity index (χ0v) is 19.3. The van der Waals surface area contributed by atoms with Crippen molar-refractivity contribution >= 4 is 11.6 Å². The fourth-order valence-electron chi connectivity index (χ4n) is 5.36. The van der Waals surface area contributed by atoms with E-state index in [4.69, 9.17) is 14.5 Å². The Hall–Kier alpha value is -1.41. The van der Waals surface area contributed by atoms with Crippen LogP contribution in [-0.4, -0.2) is 79.0 Å². The molecule has 4 aliphatic heterocycles. The molecule has 7 heteroatoms. The number of pyridine rings is 1. The summed E-state index contributed by atoms with van der Waals surface area (Å²) in [4.78, 5) is 14.8. The highest BCUT2D eigenvalue weighted by atomic mass is 16.5. The van der Waals surface area contributed by atoms with Gasteiger partial charge in [-0.05, 0) is 23.0 Å². The lowest BCUT2D eigenvalue weighted by Gasteiger charge is -2.33. The van der Waals surface area contributed by atoms with Gasteiger partial charge in [-0.1, -0.05) is 47.6 Å². The maximum absolute atomic E-state index is 6.11. The number of ether oxygens (including phenoxy) is 2. The third-order valence-electron chi connectivity index (χ3n) is 7.22. The molecule has 4 fully saturated rings. The molecule has 0 N–H and O–H groups in total. The van der Waals surface area contributed by atoms with Crippen LogP contribution in [0.4, 0.5) is 11.6 Å². The average Bonchev–Trinajstić information content (AvgIpc) is 3.38. The van der Waals surface area contributed by atoms with Crippen molar-refractivity contribution in [2.24, 2.45) is 10.8 Å². The predicted octanol–water partition coefficient (Wildman–Crippen LogP) is 2.78. The lowest BCUT2D eigenvalue weighted by Crippen LogP contribution is -2.43. The van der Waals surface area contributed by atoms with Crippen molar-refractivity contribution in [1.29, 1.82) is 0 Å². The average molecular weight is 416 g/mol. The van der Waals surface area contributed by atoms with E-state index >= 15 is 0 Å². The van der Waals surface area contributed by atoms with Gasteiger partial charge in [0.2, 0.25) is 0 Å². The molecule has 5 heterocycles. The van der Waals surface area contributed by atoms with Gasteiger partial charge < -0.3 is 19.3 Å². The summed E-state index contributed by atoms with van der Waals surface area (Å²) in [6, 6.07) is 7.29. The van der Waals surface area contributed by atoms with E-state index in [0.717, 1.165) is 51.3 Å². The Kier molecular flexibility index (Phi) is 4.82. The van der Waals surface area contributed by atoms with E-state index < -0.39 is 0 Å². The second kappa shape index (κ2) is 7.05. The maximum atomic E-state index is 6.11. The van der Waals surface area contributed by atoms with Gasteiger partial charge in [-0.15, -0.1) is 0 Å². The molecular weight excluding hydrogens is 378 g/mol. The number of hydrogen-bond donors (Lipinski definition) is 0. The van der Waals surface area contributed by atoms with Crippen molar-refractivity contribution in [1.82, 2.24) is 14.8 Å². The van der Waals surface area contributed by atoms with Gasteiger partial charge in [-0.2, -0.15) is 0 Å². The first kappa shape index (κ1) is 20.5. The van der Waals surface area contributed by atoms with Crippen LogP contribution >= 0.6 is 0 Å². The maximum Gasteiger partial charge on any atom is 0.132 e. The van der Waals surface area contributed by atoms with E-state index in [2.05, 4.69) is 79.3 Å². The molecule has 166 valence electrons. The largest absolute Gasteiger partial charge is 0.360 e. The van der Waals surface area contributed by atoms with Gasteiger partial charge in [-0.3, -0.25) is 9.80 Å². The summed E-state index contributed by atoms with van der Waals surface area (Å²) < 4.78 is 12.2. The fourth-order valence-corrected chi connectivity index (χ4v) is 5.36. The summed E-state index contributed by atoms with van der Waals surface area (Å²) in [5.41, 5.74) is 0.427. The summed E-state index contributed by atoms with van der Waals surface area (Å²) in [5, 5.41) is 0. The Balaban J connectivity index is 1.30. The molecule has 0 radical (unpaired) electrons. The second-order valence-electron chi connectivity index (χ2n) is 11.4. The van der Waals surface area contributed by atoms with Crippen LogP contribution in [0.15, 0.2) is 18.2 Å². The zero-order chi connectivity index (χ0) is 21.3. The summed E-state index contributed by atoms with van der Waals surface area (Å²) in [6.45, 7) is 19.0. The van der Waals surface area contributed by atoms with Crippen LogP contribution in [-0.2, 0) is 9.47 Å². The Morgan fingerprint density at radius 3 is 1.60 bits per heavy atom. The molecule has 0 amide bonds. The van der Waals surface area contributed by atoms with E-state index in [1.807, 2.05) is 0 Å². The van der Waals surface area contributed by atoms with Crippen LogP contribution in [0.1, 0.15) is 41.5 Å². The first-order chi connectivity index (χ1) is 14.1. The van der Waals surface area contributed by atoms with Gasteiger partial charge in [0.1, 0.15) is 24.1 Å². The predicted molar refractivity (Wildman–Crippen MR) is 118 cm³/mol. The molecule has 2 unspecified atom stereocenters. The summed E-state index contributed by atoms with van der Waals surface area (Å²) in [7, 11) is 0. The van der Waals surface area contributed by atoms with Crippen molar-refractivity contribution in [3.8, 4) is 0 Å². The molecule has 4 atom stereocenters. The Labute approximate surface area is 180 Å². The fraction of sp³-hybridized carbons (Fsp3) is 0.783. The lowest BCUT2D eigenvalue weighted by molar-refractivity contribution is 0.0651. The topological polar surface area (TPSA) is 44.3 Å². The molecule has 0 aliphatic carbocycles. The van der Waals surface area contributed by atoms with Crippen molar-refractivity contribution in [2.75, 3.05) is 49.4 Å². The minimum absolute atomic E-state index is 0.179. The quantitative estimate of drug-likeness (QED) is 0.736. The standard InChI is InChI=1S/C23H37N5O2/c1-22(2,3)16-12-29-20-10-25(14-27(16)20)18-8-7-9-19(24-18)26-11-21-28(15-26)17(13-30-21)23(4,5)6/h7-9,16-17,20-21H,10-15H2,1-6H3/t16-,17-,20?,21?/m1/s1. The molecule has 5 rings (SSSR count). The monoisotopic (exact) mass is 415 g/mol. The van der Waals surface area contributed by atoms with Crippen LogP contribution in [0.3, 0.4) is 0 Å². The second-order valence-corrected chi connectivity index (χ2v) is 11.4. The molecule has 0 bridgehead atoms. The van der Waals surface area contributed by atoms with Crippen LogP contribution in [0, 0.1) is 10.8 Å². The van der Waals surface area contributed by atoms with E-state index in [9.17, 15) is 0 Å². The normalized spacial score (nSPS) is 32.9. The molecular formula is C23H37N5O2. The molecule has 1 aromatic rings. The molecule has 0 aromatic carbocycles. The Morgan fingerprint density at radius 1 is 0.767 bits per heavy atom. The van der Waals surface area contributed by atoms with Crippen molar-refractivity contribution in [2.45, 2.75) is 66.1 Å². The van der Waals surface area contributed by atoms with Crippen LogP contribution in [0.2, 0.25) is 0 Å². The highest BCUT2D eigenvalue weighted by Gasteiger charge is 2.47. The molecule has 4 aliphatic rings. The first-order valence-electron chi connectivity index (χ1n) is 11.3. The summed E-state index contributed by atoms with van der Waals surface area (Å²) in [5.74, 6) is 2.08. The molecule has 0 saturated carbocycles. The number of fused-ring (bicyclic) bond motifs is 2. The van der Waals surface area contributed by atoms with Crippen LogP contribution < -0.4 is 9.80 Å².